The summed E-state index contributed by atoms with van der Waals surface area (Å²) in [5, 5.41) is 3.27. The second-order valence-electron chi connectivity index (χ2n) is 5.61. The summed E-state index contributed by atoms with van der Waals surface area (Å²) in [5.41, 5.74) is 1.09. The van der Waals surface area contributed by atoms with Crippen LogP contribution in [0, 0.1) is 0 Å². The number of carbonyl (C=O) groups excluding carboxylic acids is 1. The third-order valence-corrected chi connectivity index (χ3v) is 4.36. The molecule has 0 unspecified atom stereocenters. The normalized spacial score (nSPS) is 16.2. The molecule has 0 atom stereocenters. The van der Waals surface area contributed by atoms with Gasteiger partial charge in [-0.15, -0.1) is 11.3 Å². The van der Waals surface area contributed by atoms with Crippen molar-refractivity contribution < 1.29 is 9.53 Å². The van der Waals surface area contributed by atoms with Gasteiger partial charge in [-0.2, -0.15) is 0 Å². The lowest BCUT2D eigenvalue weighted by molar-refractivity contribution is 0.0620. The van der Waals surface area contributed by atoms with Crippen molar-refractivity contribution in [3.8, 4) is 5.75 Å². The third-order valence-electron chi connectivity index (χ3n) is 3.24. The fraction of sp³-hybridized carbons (Fsp3) is 0.333. The van der Waals surface area contributed by atoms with Crippen molar-refractivity contribution in [2.75, 3.05) is 5.32 Å². The molecule has 2 heterocycles. The number of aromatic nitrogens is 1. The highest BCUT2D eigenvalue weighted by Gasteiger charge is 2.32. The van der Waals surface area contributed by atoms with E-state index in [0.717, 1.165) is 10.6 Å². The molecule has 0 fully saturated rings. The molecule has 0 saturated carbocycles. The van der Waals surface area contributed by atoms with Crippen LogP contribution in [0.3, 0.4) is 0 Å². The highest BCUT2D eigenvalue weighted by atomic mass is 35.5. The van der Waals surface area contributed by atoms with E-state index in [1.807, 2.05) is 32.0 Å². The largest absolute Gasteiger partial charge is 0.487 e. The Kier molecular flexibility index (Phi) is 3.63. The Morgan fingerprint density at radius 2 is 2.29 bits per heavy atom. The quantitative estimate of drug-likeness (QED) is 0.922. The fourth-order valence-corrected chi connectivity index (χ4v) is 3.23. The topological polar surface area (TPSA) is 51.2 Å². The van der Waals surface area contributed by atoms with Gasteiger partial charge in [0.05, 0.1) is 18.5 Å². The number of Topliss-reactive ketones (excluding diaryl/α,β-unsaturated/α-hetero) is 1. The van der Waals surface area contributed by atoms with Crippen LogP contribution in [0.4, 0.5) is 5.69 Å². The molecule has 6 heteroatoms. The number of anilines is 1. The maximum atomic E-state index is 12.2. The number of fused-ring (bicyclic) bond motifs is 1. The zero-order chi connectivity index (χ0) is 15.0. The molecule has 1 aromatic heterocycles. The van der Waals surface area contributed by atoms with Crippen LogP contribution in [0.5, 0.6) is 5.75 Å². The SMILES string of the molecule is CC1(C)CC(=O)c2cc(NCc3cnc(Cl)s3)ccc2O1. The van der Waals surface area contributed by atoms with Gasteiger partial charge >= 0.3 is 0 Å². The minimum absolute atomic E-state index is 0.116. The van der Waals surface area contributed by atoms with Crippen LogP contribution < -0.4 is 10.1 Å². The first-order valence-corrected chi connectivity index (χ1v) is 7.83. The van der Waals surface area contributed by atoms with E-state index in [0.29, 0.717) is 28.7 Å². The molecule has 1 aliphatic heterocycles. The van der Waals surface area contributed by atoms with Crippen molar-refractivity contribution in [3.05, 3.63) is 39.3 Å². The average molecular weight is 323 g/mol. The molecule has 21 heavy (non-hydrogen) atoms. The highest BCUT2D eigenvalue weighted by molar-refractivity contribution is 7.15. The summed E-state index contributed by atoms with van der Waals surface area (Å²) in [6, 6.07) is 5.60. The molecule has 0 amide bonds. The number of ether oxygens (including phenoxy) is 1. The number of ketones is 1. The van der Waals surface area contributed by atoms with Crippen LogP contribution in [-0.2, 0) is 6.54 Å². The molecular formula is C15H15ClN2O2S. The predicted molar refractivity (Wildman–Crippen MR) is 84.5 cm³/mol. The number of nitrogens with one attached hydrogen (secondary N) is 1. The Morgan fingerprint density at radius 3 is 3.00 bits per heavy atom. The Balaban J connectivity index is 1.77. The smallest absolute Gasteiger partial charge is 0.183 e. The van der Waals surface area contributed by atoms with E-state index in [2.05, 4.69) is 10.3 Å². The molecule has 1 N–H and O–H groups in total. The monoisotopic (exact) mass is 322 g/mol. The fourth-order valence-electron chi connectivity index (χ4n) is 2.32. The van der Waals surface area contributed by atoms with Gasteiger partial charge in [0, 0.05) is 16.8 Å². The molecule has 110 valence electrons. The predicted octanol–water partition coefficient (Wildman–Crippen LogP) is 4.15. The van der Waals surface area contributed by atoms with Crippen LogP contribution in [-0.4, -0.2) is 16.4 Å². The second kappa shape index (κ2) is 5.31. The van der Waals surface area contributed by atoms with Gasteiger partial charge in [0.1, 0.15) is 11.4 Å². The zero-order valence-corrected chi connectivity index (χ0v) is 13.3. The first kappa shape index (κ1) is 14.4. The van der Waals surface area contributed by atoms with E-state index in [9.17, 15) is 4.79 Å². The first-order valence-electron chi connectivity index (χ1n) is 6.63. The van der Waals surface area contributed by atoms with E-state index in [-0.39, 0.29) is 5.78 Å². The van der Waals surface area contributed by atoms with Crippen molar-refractivity contribution in [3.63, 3.8) is 0 Å². The van der Waals surface area contributed by atoms with E-state index in [1.165, 1.54) is 11.3 Å². The van der Waals surface area contributed by atoms with Gasteiger partial charge in [0.2, 0.25) is 0 Å². The molecule has 0 spiro atoms. The van der Waals surface area contributed by atoms with E-state index >= 15 is 0 Å². The lowest BCUT2D eigenvalue weighted by atomic mass is 9.93. The Hall–Kier alpha value is -1.59. The maximum Gasteiger partial charge on any atom is 0.183 e. The molecule has 0 radical (unpaired) electrons. The molecule has 2 aromatic rings. The Morgan fingerprint density at radius 1 is 1.48 bits per heavy atom. The second-order valence-corrected chi connectivity index (χ2v) is 7.30. The summed E-state index contributed by atoms with van der Waals surface area (Å²) in [7, 11) is 0. The number of carbonyl (C=O) groups is 1. The molecule has 4 nitrogen and oxygen atoms in total. The Labute approximate surface area is 132 Å². The van der Waals surface area contributed by atoms with Crippen molar-refractivity contribution in [1.29, 1.82) is 0 Å². The lowest BCUT2D eigenvalue weighted by Crippen LogP contribution is -2.35. The minimum atomic E-state index is -0.432. The van der Waals surface area contributed by atoms with Crippen LogP contribution in [0.1, 0.15) is 35.5 Å². The average Bonchev–Trinajstić information content (AvgIpc) is 2.81. The van der Waals surface area contributed by atoms with Gasteiger partial charge in [-0.1, -0.05) is 11.6 Å². The minimum Gasteiger partial charge on any atom is -0.487 e. The Bertz CT molecular complexity index is 697. The molecule has 3 rings (SSSR count). The van der Waals surface area contributed by atoms with Gasteiger partial charge in [-0.3, -0.25) is 4.79 Å². The van der Waals surface area contributed by atoms with Crippen LogP contribution in [0.25, 0.3) is 0 Å². The van der Waals surface area contributed by atoms with Gasteiger partial charge in [-0.25, -0.2) is 4.98 Å². The van der Waals surface area contributed by atoms with E-state index in [4.69, 9.17) is 16.3 Å². The van der Waals surface area contributed by atoms with E-state index in [1.54, 1.807) is 6.20 Å². The standard InChI is InChI=1S/C15H15ClN2O2S/c1-15(2)6-12(19)11-5-9(3-4-13(11)20-15)17-7-10-8-18-14(16)21-10/h3-5,8,17H,6-7H2,1-2H3. The number of rotatable bonds is 3. The van der Waals surface area contributed by atoms with Gasteiger partial charge in [-0.05, 0) is 32.0 Å². The van der Waals surface area contributed by atoms with Gasteiger partial charge in [0.25, 0.3) is 0 Å². The van der Waals surface area contributed by atoms with Crippen LogP contribution in [0.15, 0.2) is 24.4 Å². The summed E-state index contributed by atoms with van der Waals surface area (Å²) in [6.45, 7) is 4.48. The number of hydrogen-bond donors (Lipinski definition) is 1. The van der Waals surface area contributed by atoms with Crippen LogP contribution >= 0.6 is 22.9 Å². The molecule has 1 aromatic carbocycles. The highest BCUT2D eigenvalue weighted by Crippen LogP contribution is 2.34. The molecule has 0 bridgehead atoms. The molecule has 0 aliphatic carbocycles. The number of benzene rings is 1. The number of halogens is 1. The van der Waals surface area contributed by atoms with Crippen molar-refractivity contribution in [2.45, 2.75) is 32.4 Å². The summed E-state index contributed by atoms with van der Waals surface area (Å²) >= 11 is 7.24. The van der Waals surface area contributed by atoms with Crippen LogP contribution in [0.2, 0.25) is 4.47 Å². The number of hydrogen-bond acceptors (Lipinski definition) is 5. The van der Waals surface area contributed by atoms with E-state index < -0.39 is 5.60 Å². The molecule has 0 saturated heterocycles. The summed E-state index contributed by atoms with van der Waals surface area (Å²) < 4.78 is 6.37. The van der Waals surface area contributed by atoms with Crippen molar-refractivity contribution >= 4 is 34.4 Å². The third kappa shape index (κ3) is 3.19. The van der Waals surface area contributed by atoms with Gasteiger partial charge < -0.3 is 10.1 Å². The molecule has 1 aliphatic rings. The lowest BCUT2D eigenvalue weighted by Gasteiger charge is -2.31. The van der Waals surface area contributed by atoms with Gasteiger partial charge in [0.15, 0.2) is 10.3 Å². The number of thiazole rings is 1. The number of nitrogens with zero attached hydrogens (tertiary/aromatic N) is 1. The maximum absolute atomic E-state index is 12.2. The summed E-state index contributed by atoms with van der Waals surface area (Å²) in [6.07, 6.45) is 2.14. The van der Waals surface area contributed by atoms with Crippen molar-refractivity contribution in [2.24, 2.45) is 0 Å². The first-order chi connectivity index (χ1) is 9.93. The summed E-state index contributed by atoms with van der Waals surface area (Å²) in [5.74, 6) is 0.772. The van der Waals surface area contributed by atoms with Crippen molar-refractivity contribution in [1.82, 2.24) is 4.98 Å². The zero-order valence-electron chi connectivity index (χ0n) is 11.8. The summed E-state index contributed by atoms with van der Waals surface area (Å²) in [4.78, 5) is 17.2. The molecular weight excluding hydrogens is 308 g/mol.